The van der Waals surface area contributed by atoms with Gasteiger partial charge in [-0.2, -0.15) is 9.78 Å². The van der Waals surface area contributed by atoms with Gasteiger partial charge in [-0.25, -0.2) is 9.97 Å². The number of nitrogens with zero attached hydrogens (tertiary/aromatic N) is 4. The summed E-state index contributed by atoms with van der Waals surface area (Å²) in [5.41, 5.74) is 0.253. The van der Waals surface area contributed by atoms with Gasteiger partial charge >= 0.3 is 0 Å². The predicted octanol–water partition coefficient (Wildman–Crippen LogP) is 5.68. The van der Waals surface area contributed by atoms with Crippen molar-refractivity contribution in [3.05, 3.63) is 76.4 Å². The van der Waals surface area contributed by atoms with Crippen molar-refractivity contribution in [1.29, 1.82) is 0 Å². The molecule has 0 saturated heterocycles. The molecule has 0 N–H and O–H groups in total. The molecule has 0 fully saturated rings. The summed E-state index contributed by atoms with van der Waals surface area (Å²) in [5, 5.41) is 3.26. The van der Waals surface area contributed by atoms with E-state index >= 15 is 0 Å². The average Bonchev–Trinajstić information content (AvgIpc) is 2.59. The van der Waals surface area contributed by atoms with E-state index < -0.39 is 10.8 Å². The van der Waals surface area contributed by atoms with Crippen molar-refractivity contribution in [2.45, 2.75) is 0 Å². The average molecular weight is 620 g/mol. The summed E-state index contributed by atoms with van der Waals surface area (Å²) in [6, 6.07) is 7.82. The van der Waals surface area contributed by atoms with E-state index in [-0.39, 0.29) is 10.0 Å². The molecule has 0 radical (unpaired) electrons. The highest BCUT2D eigenvalue weighted by Crippen LogP contribution is 2.17. The Morgan fingerprint density at radius 2 is 1.56 bits per heavy atom. The molecule has 0 saturated carbocycles. The minimum absolute atomic E-state index is 0.0884. The lowest BCUT2D eigenvalue weighted by molar-refractivity contribution is 0.108. The SMILES string of the molecule is Brc1cc(Br)nc(Br)n1.O=C(Cl)c1ccc(-n2ncc(Cl)c(Cl)c2=O)cc1. The fraction of sp³-hybridized carbons (Fsp3) is 0. The molecule has 0 spiro atoms. The van der Waals surface area contributed by atoms with Gasteiger partial charge in [-0.05, 0) is 83.7 Å². The van der Waals surface area contributed by atoms with Crippen LogP contribution >= 0.6 is 82.6 Å². The molecule has 0 aliphatic rings. The van der Waals surface area contributed by atoms with E-state index in [0.717, 1.165) is 13.9 Å². The maximum Gasteiger partial charge on any atom is 0.291 e. The fourth-order valence-corrected chi connectivity index (χ4v) is 4.01. The lowest BCUT2D eigenvalue weighted by Crippen LogP contribution is -2.21. The van der Waals surface area contributed by atoms with Crippen molar-refractivity contribution in [3.63, 3.8) is 0 Å². The first kappa shape index (κ1) is 22.4. The largest absolute Gasteiger partial charge is 0.291 e. The molecule has 1 aromatic carbocycles. The van der Waals surface area contributed by atoms with Gasteiger partial charge in [-0.15, -0.1) is 0 Å². The van der Waals surface area contributed by atoms with E-state index in [1.807, 2.05) is 0 Å². The Balaban J connectivity index is 0.000000244. The molecular weight excluding hydrogens is 614 g/mol. The molecule has 2 heterocycles. The summed E-state index contributed by atoms with van der Waals surface area (Å²) < 4.78 is 3.17. The summed E-state index contributed by atoms with van der Waals surface area (Å²) in [4.78, 5) is 30.6. The Bertz CT molecular complexity index is 995. The molecular formula is C15H6Br3Cl3N4O2. The van der Waals surface area contributed by atoms with Gasteiger partial charge in [0.25, 0.3) is 10.8 Å². The normalized spacial score (nSPS) is 10.1. The lowest BCUT2D eigenvalue weighted by Gasteiger charge is -2.05. The predicted molar refractivity (Wildman–Crippen MR) is 115 cm³/mol. The Morgan fingerprint density at radius 3 is 2.04 bits per heavy atom. The molecule has 3 rings (SSSR count). The van der Waals surface area contributed by atoms with Gasteiger partial charge in [0, 0.05) is 11.6 Å². The van der Waals surface area contributed by atoms with Crippen LogP contribution in [0.2, 0.25) is 10.0 Å². The van der Waals surface area contributed by atoms with E-state index in [1.54, 1.807) is 6.07 Å². The molecule has 0 aliphatic heterocycles. The van der Waals surface area contributed by atoms with Crippen molar-refractivity contribution in [2.24, 2.45) is 0 Å². The second kappa shape index (κ2) is 10.1. The summed E-state index contributed by atoms with van der Waals surface area (Å²) in [6.07, 6.45) is 1.27. The monoisotopic (exact) mass is 616 g/mol. The third kappa shape index (κ3) is 6.33. The van der Waals surface area contributed by atoms with Crippen LogP contribution in [0.3, 0.4) is 0 Å². The third-order valence-electron chi connectivity index (χ3n) is 2.85. The first-order valence-corrected chi connectivity index (χ1v) is 10.3. The standard InChI is InChI=1S/C11H5Cl3N2O2.C4HBr3N2/c12-8-5-15-16(11(18)9(8)13)7-3-1-6(2-4-7)10(14)17;5-2-1-3(6)9-4(7)8-2/h1-5H;1H. The van der Waals surface area contributed by atoms with Crippen molar-refractivity contribution < 1.29 is 4.79 Å². The molecule has 0 amide bonds. The molecule has 0 atom stereocenters. The van der Waals surface area contributed by atoms with E-state index in [1.165, 1.54) is 30.5 Å². The molecule has 6 nitrogen and oxygen atoms in total. The Morgan fingerprint density at radius 1 is 1.00 bits per heavy atom. The minimum atomic E-state index is -0.573. The van der Waals surface area contributed by atoms with Gasteiger partial charge in [0.1, 0.15) is 14.2 Å². The Kier molecular flexibility index (Phi) is 8.39. The van der Waals surface area contributed by atoms with Crippen molar-refractivity contribution >= 4 is 87.8 Å². The molecule has 3 aromatic rings. The van der Waals surface area contributed by atoms with Crippen LogP contribution in [-0.2, 0) is 0 Å². The molecule has 140 valence electrons. The summed E-state index contributed by atoms with van der Waals surface area (Å²) in [5.74, 6) is 0. The van der Waals surface area contributed by atoms with Crippen LogP contribution < -0.4 is 5.56 Å². The van der Waals surface area contributed by atoms with Crippen LogP contribution in [0.25, 0.3) is 5.69 Å². The zero-order valence-electron chi connectivity index (χ0n) is 12.8. The zero-order chi connectivity index (χ0) is 20.1. The number of hydrogen-bond donors (Lipinski definition) is 0. The number of carbonyl (C=O) groups excluding carboxylic acids is 1. The van der Waals surface area contributed by atoms with Gasteiger partial charge in [-0.3, -0.25) is 9.59 Å². The van der Waals surface area contributed by atoms with Crippen LogP contribution in [0.4, 0.5) is 0 Å². The second-order valence-corrected chi connectivity index (χ2v) is 8.09. The zero-order valence-corrected chi connectivity index (χ0v) is 19.9. The topological polar surface area (TPSA) is 77.7 Å². The number of benzene rings is 1. The molecule has 2 aromatic heterocycles. The smallest absolute Gasteiger partial charge is 0.276 e. The fourth-order valence-electron chi connectivity index (χ4n) is 1.69. The summed E-state index contributed by atoms with van der Waals surface area (Å²) in [6.45, 7) is 0. The van der Waals surface area contributed by atoms with E-state index in [0.29, 0.717) is 16.0 Å². The highest BCUT2D eigenvalue weighted by Gasteiger charge is 2.09. The number of rotatable bonds is 2. The van der Waals surface area contributed by atoms with Gasteiger partial charge in [0.2, 0.25) is 0 Å². The first-order chi connectivity index (χ1) is 12.7. The second-order valence-electron chi connectivity index (χ2n) is 4.63. The molecule has 0 unspecified atom stereocenters. The van der Waals surface area contributed by atoms with E-state index in [2.05, 4.69) is 62.9 Å². The molecule has 0 bridgehead atoms. The molecule has 12 heteroatoms. The van der Waals surface area contributed by atoms with E-state index in [4.69, 9.17) is 34.8 Å². The molecule has 27 heavy (non-hydrogen) atoms. The van der Waals surface area contributed by atoms with Crippen molar-refractivity contribution in [2.75, 3.05) is 0 Å². The van der Waals surface area contributed by atoms with Gasteiger partial charge in [-0.1, -0.05) is 23.2 Å². The highest BCUT2D eigenvalue weighted by molar-refractivity contribution is 9.11. The highest BCUT2D eigenvalue weighted by atomic mass is 79.9. The number of aromatic nitrogens is 4. The summed E-state index contributed by atoms with van der Waals surface area (Å²) >= 11 is 26.3. The number of halogens is 6. The Labute approximate surface area is 193 Å². The molecule has 0 aliphatic carbocycles. The Hall–Kier alpha value is -0.840. The maximum atomic E-state index is 11.8. The van der Waals surface area contributed by atoms with Crippen molar-refractivity contribution in [3.8, 4) is 5.69 Å². The van der Waals surface area contributed by atoms with Gasteiger partial charge in [0.05, 0.1) is 16.9 Å². The van der Waals surface area contributed by atoms with Gasteiger partial charge in [0.15, 0.2) is 4.73 Å². The van der Waals surface area contributed by atoms with Crippen LogP contribution in [0.15, 0.2) is 55.3 Å². The summed E-state index contributed by atoms with van der Waals surface area (Å²) in [7, 11) is 0. The van der Waals surface area contributed by atoms with E-state index in [9.17, 15) is 9.59 Å². The van der Waals surface area contributed by atoms with Gasteiger partial charge < -0.3 is 0 Å². The van der Waals surface area contributed by atoms with Crippen molar-refractivity contribution in [1.82, 2.24) is 19.7 Å². The van der Waals surface area contributed by atoms with Crippen LogP contribution in [0.5, 0.6) is 0 Å². The van der Waals surface area contributed by atoms with Crippen LogP contribution in [-0.4, -0.2) is 25.0 Å². The number of carbonyl (C=O) groups is 1. The lowest BCUT2D eigenvalue weighted by atomic mass is 10.2. The number of hydrogen-bond acceptors (Lipinski definition) is 5. The van der Waals surface area contributed by atoms with Crippen LogP contribution in [0, 0.1) is 0 Å². The first-order valence-electron chi connectivity index (χ1n) is 6.78. The van der Waals surface area contributed by atoms with Crippen LogP contribution in [0.1, 0.15) is 10.4 Å². The quantitative estimate of drug-likeness (QED) is 0.209. The third-order valence-corrected chi connectivity index (χ3v) is 4.99. The maximum absolute atomic E-state index is 11.8. The minimum Gasteiger partial charge on any atom is -0.276 e.